The average Bonchev–Trinajstić information content (AvgIpc) is 2.99. The van der Waals surface area contributed by atoms with Crippen molar-refractivity contribution >= 4 is 0 Å². The van der Waals surface area contributed by atoms with Crippen LogP contribution in [0.25, 0.3) is 0 Å². The van der Waals surface area contributed by atoms with Crippen molar-refractivity contribution in [1.82, 2.24) is 10.2 Å². The molecule has 0 amide bonds. The molecule has 2 fully saturated rings. The van der Waals surface area contributed by atoms with Crippen molar-refractivity contribution in [2.24, 2.45) is 0 Å². The highest BCUT2D eigenvalue weighted by atomic mass is 16.5. The number of likely N-dealkylation sites (N-methyl/N-ethyl adjacent to an activating group) is 1. The summed E-state index contributed by atoms with van der Waals surface area (Å²) in [7, 11) is 0. The zero-order valence-corrected chi connectivity index (χ0v) is 12.4. The molecule has 3 rings (SSSR count). The number of nitrogens with one attached hydrogen (secondary N) is 1. The van der Waals surface area contributed by atoms with E-state index in [2.05, 4.69) is 47.5 Å². The molecule has 0 saturated carbocycles. The minimum absolute atomic E-state index is 0.553. The van der Waals surface area contributed by atoms with Crippen LogP contribution in [0.1, 0.15) is 31.2 Å². The largest absolute Gasteiger partial charge is 0.380 e. The van der Waals surface area contributed by atoms with Crippen LogP contribution < -0.4 is 5.32 Å². The van der Waals surface area contributed by atoms with Gasteiger partial charge < -0.3 is 10.1 Å². The number of nitrogens with zero attached hydrogens (tertiary/aromatic N) is 1. The molecule has 0 aliphatic carbocycles. The highest BCUT2D eigenvalue weighted by molar-refractivity contribution is 5.21. The van der Waals surface area contributed by atoms with E-state index in [1.54, 1.807) is 0 Å². The lowest BCUT2D eigenvalue weighted by atomic mass is 9.98. The number of likely N-dealkylation sites (tertiary alicyclic amines) is 1. The average molecular weight is 274 g/mol. The lowest BCUT2D eigenvalue weighted by Crippen LogP contribution is -2.54. The predicted octanol–water partition coefficient (Wildman–Crippen LogP) is 2.24. The Labute approximate surface area is 122 Å². The van der Waals surface area contributed by atoms with E-state index >= 15 is 0 Å². The van der Waals surface area contributed by atoms with Crippen LogP contribution in [0.5, 0.6) is 0 Å². The van der Waals surface area contributed by atoms with Gasteiger partial charge in [-0.05, 0) is 37.4 Å². The molecule has 110 valence electrons. The first-order valence-electron chi connectivity index (χ1n) is 7.98. The van der Waals surface area contributed by atoms with Gasteiger partial charge in [0.15, 0.2) is 0 Å². The van der Waals surface area contributed by atoms with Gasteiger partial charge in [-0.3, -0.25) is 4.90 Å². The molecule has 1 aromatic rings. The maximum absolute atomic E-state index is 5.73. The molecule has 3 atom stereocenters. The Morgan fingerprint density at radius 2 is 2.10 bits per heavy atom. The van der Waals surface area contributed by atoms with Gasteiger partial charge in [0.05, 0.1) is 6.61 Å². The second-order valence-corrected chi connectivity index (χ2v) is 5.99. The quantitative estimate of drug-likeness (QED) is 0.911. The first kappa shape index (κ1) is 14.1. The van der Waals surface area contributed by atoms with Gasteiger partial charge in [0.25, 0.3) is 0 Å². The van der Waals surface area contributed by atoms with Crippen molar-refractivity contribution in [2.45, 2.75) is 37.8 Å². The Morgan fingerprint density at radius 1 is 1.25 bits per heavy atom. The van der Waals surface area contributed by atoms with E-state index in [0.717, 1.165) is 26.2 Å². The van der Waals surface area contributed by atoms with Crippen LogP contribution in [0.15, 0.2) is 30.3 Å². The molecule has 2 heterocycles. The SMILES string of the molecule is CCNC1CCOCC1N1CCC(c2ccccc2)C1. The molecule has 3 nitrogen and oxygen atoms in total. The Bertz CT molecular complexity index is 407. The van der Waals surface area contributed by atoms with Crippen molar-refractivity contribution in [1.29, 1.82) is 0 Å². The van der Waals surface area contributed by atoms with Gasteiger partial charge in [0, 0.05) is 25.2 Å². The maximum Gasteiger partial charge on any atom is 0.0637 e. The molecule has 0 radical (unpaired) electrons. The Hall–Kier alpha value is -0.900. The fourth-order valence-corrected chi connectivity index (χ4v) is 3.67. The lowest BCUT2D eigenvalue weighted by Gasteiger charge is -2.38. The van der Waals surface area contributed by atoms with Crippen LogP contribution in [-0.4, -0.2) is 49.8 Å². The highest BCUT2D eigenvalue weighted by Gasteiger charge is 2.35. The molecule has 2 aliphatic rings. The number of benzene rings is 1. The van der Waals surface area contributed by atoms with Crippen LogP contribution in [0, 0.1) is 0 Å². The molecular formula is C17H26N2O. The third kappa shape index (κ3) is 3.05. The molecule has 3 heteroatoms. The molecule has 1 aromatic carbocycles. The van der Waals surface area contributed by atoms with Gasteiger partial charge in [-0.15, -0.1) is 0 Å². The number of hydrogen-bond donors (Lipinski definition) is 1. The molecule has 0 aromatic heterocycles. The summed E-state index contributed by atoms with van der Waals surface area (Å²) in [6.07, 6.45) is 2.42. The van der Waals surface area contributed by atoms with Crippen LogP contribution in [-0.2, 0) is 4.74 Å². The fraction of sp³-hybridized carbons (Fsp3) is 0.647. The maximum atomic E-state index is 5.73. The molecule has 2 saturated heterocycles. The Morgan fingerprint density at radius 3 is 2.90 bits per heavy atom. The van der Waals surface area contributed by atoms with Crippen molar-refractivity contribution in [2.75, 3.05) is 32.8 Å². The van der Waals surface area contributed by atoms with Gasteiger partial charge in [-0.2, -0.15) is 0 Å². The van der Waals surface area contributed by atoms with E-state index in [1.807, 2.05) is 0 Å². The minimum Gasteiger partial charge on any atom is -0.380 e. The van der Waals surface area contributed by atoms with Crippen molar-refractivity contribution in [3.05, 3.63) is 35.9 Å². The number of hydrogen-bond acceptors (Lipinski definition) is 3. The topological polar surface area (TPSA) is 24.5 Å². The Balaban J connectivity index is 1.63. The molecular weight excluding hydrogens is 248 g/mol. The van der Waals surface area contributed by atoms with Gasteiger partial charge >= 0.3 is 0 Å². The van der Waals surface area contributed by atoms with E-state index < -0.39 is 0 Å². The van der Waals surface area contributed by atoms with Crippen molar-refractivity contribution < 1.29 is 4.74 Å². The normalized spacial score (nSPS) is 31.6. The number of ether oxygens (including phenoxy) is 1. The van der Waals surface area contributed by atoms with E-state index in [1.165, 1.54) is 25.1 Å². The highest BCUT2D eigenvalue weighted by Crippen LogP contribution is 2.30. The Kier molecular flexibility index (Phi) is 4.71. The summed E-state index contributed by atoms with van der Waals surface area (Å²) in [6, 6.07) is 12.1. The van der Waals surface area contributed by atoms with Gasteiger partial charge in [-0.25, -0.2) is 0 Å². The standard InChI is InChI=1S/C17H26N2O/c1-2-18-16-9-11-20-13-17(16)19-10-8-15(12-19)14-6-4-3-5-7-14/h3-7,15-18H,2,8-13H2,1H3. The summed E-state index contributed by atoms with van der Waals surface area (Å²) in [5.41, 5.74) is 1.49. The van der Waals surface area contributed by atoms with E-state index in [-0.39, 0.29) is 0 Å². The predicted molar refractivity (Wildman–Crippen MR) is 82.1 cm³/mol. The smallest absolute Gasteiger partial charge is 0.0637 e. The molecule has 1 N–H and O–H groups in total. The zero-order valence-electron chi connectivity index (χ0n) is 12.4. The van der Waals surface area contributed by atoms with Gasteiger partial charge in [0.1, 0.15) is 0 Å². The third-order valence-electron chi connectivity index (χ3n) is 4.75. The summed E-state index contributed by atoms with van der Waals surface area (Å²) in [5, 5.41) is 3.64. The summed E-state index contributed by atoms with van der Waals surface area (Å²) in [6.45, 7) is 7.43. The monoisotopic (exact) mass is 274 g/mol. The van der Waals surface area contributed by atoms with Crippen LogP contribution in [0.2, 0.25) is 0 Å². The lowest BCUT2D eigenvalue weighted by molar-refractivity contribution is 0.00515. The molecule has 2 aliphatic heterocycles. The minimum atomic E-state index is 0.553. The summed E-state index contributed by atoms with van der Waals surface area (Å²) >= 11 is 0. The van der Waals surface area contributed by atoms with E-state index in [0.29, 0.717) is 18.0 Å². The summed E-state index contributed by atoms with van der Waals surface area (Å²) in [5.74, 6) is 0.695. The molecule has 3 unspecified atom stereocenters. The second kappa shape index (κ2) is 6.70. The van der Waals surface area contributed by atoms with Crippen molar-refractivity contribution in [3.8, 4) is 0 Å². The van der Waals surface area contributed by atoms with Crippen molar-refractivity contribution in [3.63, 3.8) is 0 Å². The number of rotatable bonds is 4. The molecule has 0 bridgehead atoms. The van der Waals surface area contributed by atoms with Crippen LogP contribution in [0.3, 0.4) is 0 Å². The van der Waals surface area contributed by atoms with Crippen LogP contribution in [0.4, 0.5) is 0 Å². The first-order valence-corrected chi connectivity index (χ1v) is 7.98. The first-order chi connectivity index (χ1) is 9.88. The summed E-state index contributed by atoms with van der Waals surface area (Å²) in [4.78, 5) is 2.64. The fourth-order valence-electron chi connectivity index (χ4n) is 3.67. The van der Waals surface area contributed by atoms with Crippen LogP contribution >= 0.6 is 0 Å². The molecule has 0 spiro atoms. The second-order valence-electron chi connectivity index (χ2n) is 5.99. The van der Waals surface area contributed by atoms with Gasteiger partial charge in [-0.1, -0.05) is 37.3 Å². The molecule has 20 heavy (non-hydrogen) atoms. The van der Waals surface area contributed by atoms with E-state index in [4.69, 9.17) is 4.74 Å². The van der Waals surface area contributed by atoms with E-state index in [9.17, 15) is 0 Å². The van der Waals surface area contributed by atoms with Gasteiger partial charge in [0.2, 0.25) is 0 Å². The summed E-state index contributed by atoms with van der Waals surface area (Å²) < 4.78 is 5.73. The third-order valence-corrected chi connectivity index (χ3v) is 4.75. The zero-order chi connectivity index (χ0) is 13.8.